The minimum absolute atomic E-state index is 0.140. The molecule has 0 atom stereocenters. The molecule has 0 saturated heterocycles. The van der Waals surface area contributed by atoms with Gasteiger partial charge in [-0.2, -0.15) is 0 Å². The number of halogens is 2. The summed E-state index contributed by atoms with van der Waals surface area (Å²) < 4.78 is 15.5. The number of nitrogens with one attached hydrogen (secondary N) is 1. The Labute approximate surface area is 152 Å². The molecule has 1 amide bonds. The number of carbonyl (C=O) groups is 1. The fourth-order valence-electron chi connectivity index (χ4n) is 2.73. The number of para-hydroxylation sites is 1. The standard InChI is InChI=1S/C18H15ClFN3O3/c1-2-22-15-6-4-3-5-12(15)17(25)23(18(22)26)10-16(24)21-11-7-8-14(20)13(19)9-11/h3-9H,2,10H2,1H3,(H,21,24). The second-order valence-electron chi connectivity index (χ2n) is 5.61. The van der Waals surface area contributed by atoms with E-state index in [1.807, 2.05) is 0 Å². The Morgan fingerprint density at radius 2 is 1.88 bits per heavy atom. The van der Waals surface area contributed by atoms with Gasteiger partial charge in [-0.3, -0.25) is 18.7 Å². The molecule has 3 aromatic rings. The molecule has 0 aliphatic heterocycles. The van der Waals surface area contributed by atoms with Crippen LogP contribution < -0.4 is 16.6 Å². The van der Waals surface area contributed by atoms with Gasteiger partial charge < -0.3 is 5.32 Å². The monoisotopic (exact) mass is 375 g/mol. The van der Waals surface area contributed by atoms with Gasteiger partial charge in [0.2, 0.25) is 5.91 Å². The van der Waals surface area contributed by atoms with Gasteiger partial charge in [0.1, 0.15) is 12.4 Å². The van der Waals surface area contributed by atoms with Crippen LogP contribution in [0.4, 0.5) is 10.1 Å². The third-order valence-electron chi connectivity index (χ3n) is 3.95. The summed E-state index contributed by atoms with van der Waals surface area (Å²) in [6, 6.07) is 10.4. The van der Waals surface area contributed by atoms with Gasteiger partial charge in [-0.05, 0) is 37.3 Å². The summed E-state index contributed by atoms with van der Waals surface area (Å²) in [5.74, 6) is -1.20. The Morgan fingerprint density at radius 1 is 1.15 bits per heavy atom. The average molecular weight is 376 g/mol. The van der Waals surface area contributed by atoms with Gasteiger partial charge in [0.15, 0.2) is 0 Å². The van der Waals surface area contributed by atoms with Gasteiger partial charge in [-0.1, -0.05) is 23.7 Å². The summed E-state index contributed by atoms with van der Waals surface area (Å²) in [4.78, 5) is 37.5. The summed E-state index contributed by atoms with van der Waals surface area (Å²) in [6.45, 7) is 1.68. The van der Waals surface area contributed by atoms with Crippen LogP contribution in [0.15, 0.2) is 52.1 Å². The van der Waals surface area contributed by atoms with Gasteiger partial charge >= 0.3 is 5.69 Å². The molecule has 134 valence electrons. The molecule has 0 unspecified atom stereocenters. The number of benzene rings is 2. The number of hydrogen-bond acceptors (Lipinski definition) is 3. The van der Waals surface area contributed by atoms with Gasteiger partial charge in [0.25, 0.3) is 5.56 Å². The molecular formula is C18H15ClFN3O3. The lowest BCUT2D eigenvalue weighted by atomic mass is 10.2. The largest absolute Gasteiger partial charge is 0.331 e. The van der Waals surface area contributed by atoms with E-state index in [0.29, 0.717) is 17.4 Å². The van der Waals surface area contributed by atoms with E-state index in [-0.39, 0.29) is 10.7 Å². The lowest BCUT2D eigenvalue weighted by molar-refractivity contribution is -0.116. The predicted octanol–water partition coefficient (Wildman–Crippen LogP) is 2.61. The van der Waals surface area contributed by atoms with E-state index < -0.39 is 29.5 Å². The minimum atomic E-state index is -0.610. The zero-order valence-electron chi connectivity index (χ0n) is 13.8. The van der Waals surface area contributed by atoms with Crippen molar-refractivity contribution >= 4 is 34.1 Å². The molecule has 1 heterocycles. The number of aromatic nitrogens is 2. The lowest BCUT2D eigenvalue weighted by Gasteiger charge is -2.12. The van der Waals surface area contributed by atoms with Gasteiger partial charge in [-0.25, -0.2) is 9.18 Å². The summed E-state index contributed by atoms with van der Waals surface area (Å²) in [5.41, 5.74) is -0.316. The maximum Gasteiger partial charge on any atom is 0.331 e. The Morgan fingerprint density at radius 3 is 2.58 bits per heavy atom. The fraction of sp³-hybridized carbons (Fsp3) is 0.167. The normalized spacial score (nSPS) is 10.9. The number of nitrogens with zero attached hydrogens (tertiary/aromatic N) is 2. The second-order valence-corrected chi connectivity index (χ2v) is 6.02. The van der Waals surface area contributed by atoms with E-state index in [1.54, 1.807) is 31.2 Å². The molecule has 1 N–H and O–H groups in total. The van der Waals surface area contributed by atoms with E-state index in [4.69, 9.17) is 11.6 Å². The zero-order chi connectivity index (χ0) is 18.8. The third-order valence-corrected chi connectivity index (χ3v) is 4.24. The molecule has 0 aliphatic rings. The van der Waals surface area contributed by atoms with Crippen molar-refractivity contribution in [2.75, 3.05) is 5.32 Å². The van der Waals surface area contributed by atoms with Gasteiger partial charge in [-0.15, -0.1) is 0 Å². The highest BCUT2D eigenvalue weighted by Gasteiger charge is 2.15. The molecule has 1 aromatic heterocycles. The number of fused-ring (bicyclic) bond motifs is 1. The number of anilines is 1. The van der Waals surface area contributed by atoms with Crippen molar-refractivity contribution in [1.29, 1.82) is 0 Å². The average Bonchev–Trinajstić information content (AvgIpc) is 2.62. The van der Waals surface area contributed by atoms with E-state index in [9.17, 15) is 18.8 Å². The second kappa shape index (κ2) is 7.13. The smallest absolute Gasteiger partial charge is 0.324 e. The molecule has 0 aliphatic carbocycles. The first kappa shape index (κ1) is 17.9. The number of rotatable bonds is 4. The van der Waals surface area contributed by atoms with Crippen molar-refractivity contribution in [3.8, 4) is 0 Å². The molecule has 8 heteroatoms. The molecule has 0 saturated carbocycles. The van der Waals surface area contributed by atoms with Crippen LogP contribution in [0.5, 0.6) is 0 Å². The lowest BCUT2D eigenvalue weighted by Crippen LogP contribution is -2.42. The van der Waals surface area contributed by atoms with Gasteiger partial charge in [0.05, 0.1) is 15.9 Å². The van der Waals surface area contributed by atoms with E-state index >= 15 is 0 Å². The highest BCUT2D eigenvalue weighted by atomic mass is 35.5. The minimum Gasteiger partial charge on any atom is -0.324 e. The topological polar surface area (TPSA) is 73.1 Å². The highest BCUT2D eigenvalue weighted by Crippen LogP contribution is 2.19. The van der Waals surface area contributed by atoms with Crippen LogP contribution in [-0.4, -0.2) is 15.0 Å². The summed E-state index contributed by atoms with van der Waals surface area (Å²) >= 11 is 5.68. The van der Waals surface area contributed by atoms with E-state index in [2.05, 4.69) is 5.32 Å². The number of aryl methyl sites for hydroxylation is 1. The first-order valence-corrected chi connectivity index (χ1v) is 8.27. The molecule has 0 spiro atoms. The Kier molecular flexibility index (Phi) is 4.90. The quantitative estimate of drug-likeness (QED) is 0.761. The molecular weight excluding hydrogens is 361 g/mol. The zero-order valence-corrected chi connectivity index (χ0v) is 14.6. The SMILES string of the molecule is CCn1c(=O)n(CC(=O)Nc2ccc(F)c(Cl)c2)c(=O)c2ccccc21. The molecule has 0 fully saturated rings. The Balaban J connectivity index is 1.98. The molecule has 26 heavy (non-hydrogen) atoms. The number of carbonyl (C=O) groups excluding carboxylic acids is 1. The van der Waals surface area contributed by atoms with Crippen LogP contribution in [0.3, 0.4) is 0 Å². The number of hydrogen-bond donors (Lipinski definition) is 1. The number of amides is 1. The molecule has 6 nitrogen and oxygen atoms in total. The van der Waals surface area contributed by atoms with Crippen LogP contribution in [0.25, 0.3) is 10.9 Å². The fourth-order valence-corrected chi connectivity index (χ4v) is 2.91. The van der Waals surface area contributed by atoms with Crippen LogP contribution >= 0.6 is 11.6 Å². The van der Waals surface area contributed by atoms with E-state index in [1.165, 1.54) is 16.7 Å². The van der Waals surface area contributed by atoms with Crippen LogP contribution in [0.2, 0.25) is 5.02 Å². The summed E-state index contributed by atoms with van der Waals surface area (Å²) in [5, 5.41) is 2.71. The third kappa shape index (κ3) is 3.25. The molecule has 0 bridgehead atoms. The predicted molar refractivity (Wildman–Crippen MR) is 98.2 cm³/mol. The maximum absolute atomic E-state index is 13.2. The first-order valence-electron chi connectivity index (χ1n) is 7.89. The van der Waals surface area contributed by atoms with Gasteiger partial charge in [0, 0.05) is 12.2 Å². The van der Waals surface area contributed by atoms with Crippen LogP contribution in [0.1, 0.15) is 6.92 Å². The van der Waals surface area contributed by atoms with Crippen molar-refractivity contribution in [1.82, 2.24) is 9.13 Å². The van der Waals surface area contributed by atoms with Crippen LogP contribution in [0, 0.1) is 5.82 Å². The van der Waals surface area contributed by atoms with Crippen molar-refractivity contribution in [3.05, 3.63) is 74.1 Å². The summed E-state index contributed by atoms with van der Waals surface area (Å²) in [7, 11) is 0. The van der Waals surface area contributed by atoms with Crippen molar-refractivity contribution in [2.24, 2.45) is 0 Å². The Hall–Kier alpha value is -2.93. The van der Waals surface area contributed by atoms with Crippen molar-refractivity contribution in [2.45, 2.75) is 20.0 Å². The van der Waals surface area contributed by atoms with Crippen molar-refractivity contribution in [3.63, 3.8) is 0 Å². The van der Waals surface area contributed by atoms with Crippen molar-refractivity contribution < 1.29 is 9.18 Å². The first-order chi connectivity index (χ1) is 12.4. The highest BCUT2D eigenvalue weighted by molar-refractivity contribution is 6.31. The summed E-state index contributed by atoms with van der Waals surface area (Å²) in [6.07, 6.45) is 0. The molecule has 0 radical (unpaired) electrons. The molecule has 3 rings (SSSR count). The van der Waals surface area contributed by atoms with Crippen LogP contribution in [-0.2, 0) is 17.9 Å². The maximum atomic E-state index is 13.2. The molecule has 2 aromatic carbocycles. The van der Waals surface area contributed by atoms with E-state index in [0.717, 1.165) is 10.6 Å². The Bertz CT molecular complexity index is 1120.